The van der Waals surface area contributed by atoms with Gasteiger partial charge in [-0.05, 0) is 42.7 Å². The van der Waals surface area contributed by atoms with Crippen LogP contribution in [0.2, 0.25) is 0 Å². The van der Waals surface area contributed by atoms with E-state index in [4.69, 9.17) is 4.74 Å². The second kappa shape index (κ2) is 8.43. The summed E-state index contributed by atoms with van der Waals surface area (Å²) in [6.45, 7) is 5.71. The zero-order valence-corrected chi connectivity index (χ0v) is 17.3. The number of amides is 1. The Morgan fingerprint density at radius 3 is 2.43 bits per heavy atom. The van der Waals surface area contributed by atoms with Crippen LogP contribution in [0.3, 0.4) is 0 Å². The smallest absolute Gasteiger partial charge is 0.254 e. The summed E-state index contributed by atoms with van der Waals surface area (Å²) >= 11 is 0. The van der Waals surface area contributed by atoms with Crippen LogP contribution in [0.1, 0.15) is 27.0 Å². The molecular formula is C21H26N2O4S. The molecule has 0 bridgehead atoms. The molecule has 6 nitrogen and oxygen atoms in total. The quantitative estimate of drug-likeness (QED) is 0.771. The number of benzene rings is 2. The van der Waals surface area contributed by atoms with Crippen LogP contribution in [0.25, 0.3) is 0 Å². The molecule has 1 aliphatic rings. The summed E-state index contributed by atoms with van der Waals surface area (Å²) in [5.74, 6) is -0.195. The lowest BCUT2D eigenvalue weighted by Gasteiger charge is -2.26. The standard InChI is InChI=1S/C21H26N2O4S/c1-16-6-4-5-7-18(16)15-22(3)21(24)20-14-19(9-8-17(20)2)28(25,26)23-10-12-27-13-11-23/h4-9,14H,10-13,15H2,1-3H3. The van der Waals surface area contributed by atoms with Crippen molar-refractivity contribution in [2.45, 2.75) is 25.3 Å². The molecule has 2 aromatic carbocycles. The van der Waals surface area contributed by atoms with Crippen molar-refractivity contribution in [3.63, 3.8) is 0 Å². The van der Waals surface area contributed by atoms with Gasteiger partial charge in [0.25, 0.3) is 5.91 Å². The molecule has 0 saturated carbocycles. The number of carbonyl (C=O) groups is 1. The van der Waals surface area contributed by atoms with Crippen molar-refractivity contribution in [2.24, 2.45) is 0 Å². The van der Waals surface area contributed by atoms with E-state index in [-0.39, 0.29) is 10.8 Å². The molecule has 1 aliphatic heterocycles. The van der Waals surface area contributed by atoms with E-state index >= 15 is 0 Å². The number of carbonyl (C=O) groups excluding carboxylic acids is 1. The number of sulfonamides is 1. The summed E-state index contributed by atoms with van der Waals surface area (Å²) in [5.41, 5.74) is 3.34. The maximum atomic E-state index is 13.0. The molecule has 28 heavy (non-hydrogen) atoms. The molecule has 1 amide bonds. The SMILES string of the molecule is Cc1ccccc1CN(C)C(=O)c1cc(S(=O)(=O)N2CCOCC2)ccc1C. The topological polar surface area (TPSA) is 66.9 Å². The third kappa shape index (κ3) is 4.27. The highest BCUT2D eigenvalue weighted by atomic mass is 32.2. The second-order valence-corrected chi connectivity index (χ2v) is 9.02. The van der Waals surface area contributed by atoms with Crippen molar-refractivity contribution in [3.05, 3.63) is 64.7 Å². The van der Waals surface area contributed by atoms with Crippen LogP contribution in [-0.2, 0) is 21.3 Å². The molecule has 2 aromatic rings. The molecular weight excluding hydrogens is 376 g/mol. The molecule has 0 spiro atoms. The van der Waals surface area contributed by atoms with Gasteiger partial charge < -0.3 is 9.64 Å². The monoisotopic (exact) mass is 402 g/mol. The molecule has 150 valence electrons. The molecule has 0 N–H and O–H groups in total. The van der Waals surface area contributed by atoms with Crippen molar-refractivity contribution in [1.29, 1.82) is 0 Å². The van der Waals surface area contributed by atoms with Crippen LogP contribution in [0.5, 0.6) is 0 Å². The summed E-state index contributed by atoms with van der Waals surface area (Å²) in [6.07, 6.45) is 0. The number of rotatable bonds is 5. The molecule has 0 unspecified atom stereocenters. The van der Waals surface area contributed by atoms with E-state index in [0.29, 0.717) is 38.4 Å². The molecule has 1 saturated heterocycles. The first-order valence-electron chi connectivity index (χ1n) is 9.29. The van der Waals surface area contributed by atoms with E-state index < -0.39 is 10.0 Å². The normalized spacial score (nSPS) is 15.4. The Hall–Kier alpha value is -2.22. The van der Waals surface area contributed by atoms with Gasteiger partial charge in [0.05, 0.1) is 18.1 Å². The minimum atomic E-state index is -3.64. The van der Waals surface area contributed by atoms with Crippen molar-refractivity contribution in [2.75, 3.05) is 33.4 Å². The van der Waals surface area contributed by atoms with Gasteiger partial charge in [0, 0.05) is 32.2 Å². The van der Waals surface area contributed by atoms with Gasteiger partial charge in [0.2, 0.25) is 10.0 Å². The van der Waals surface area contributed by atoms with E-state index in [9.17, 15) is 13.2 Å². The van der Waals surface area contributed by atoms with Crippen LogP contribution in [-0.4, -0.2) is 56.9 Å². The number of nitrogens with zero attached hydrogens (tertiary/aromatic N) is 2. The fourth-order valence-electron chi connectivity index (χ4n) is 3.25. The Morgan fingerprint density at radius 2 is 1.75 bits per heavy atom. The Labute approximate surface area is 166 Å². The molecule has 7 heteroatoms. The van der Waals surface area contributed by atoms with E-state index in [1.54, 1.807) is 24.1 Å². The second-order valence-electron chi connectivity index (χ2n) is 7.08. The number of morpholine rings is 1. The maximum absolute atomic E-state index is 13.0. The molecule has 0 radical (unpaired) electrons. The molecule has 0 aromatic heterocycles. The van der Waals surface area contributed by atoms with Crippen LogP contribution >= 0.6 is 0 Å². The van der Waals surface area contributed by atoms with Gasteiger partial charge in [-0.1, -0.05) is 30.3 Å². The van der Waals surface area contributed by atoms with Crippen molar-refractivity contribution in [1.82, 2.24) is 9.21 Å². The van der Waals surface area contributed by atoms with Gasteiger partial charge in [-0.3, -0.25) is 4.79 Å². The lowest BCUT2D eigenvalue weighted by molar-refractivity contribution is 0.0730. The zero-order valence-electron chi connectivity index (χ0n) is 16.5. The first-order valence-corrected chi connectivity index (χ1v) is 10.7. The molecule has 1 fully saturated rings. The first-order chi connectivity index (χ1) is 13.3. The summed E-state index contributed by atoms with van der Waals surface area (Å²) < 4.78 is 32.5. The lowest BCUT2D eigenvalue weighted by Crippen LogP contribution is -2.40. The van der Waals surface area contributed by atoms with Gasteiger partial charge >= 0.3 is 0 Å². The highest BCUT2D eigenvalue weighted by Crippen LogP contribution is 2.22. The number of ether oxygens (including phenoxy) is 1. The van der Waals surface area contributed by atoms with Gasteiger partial charge in [0.1, 0.15) is 0 Å². The van der Waals surface area contributed by atoms with Gasteiger partial charge in [-0.15, -0.1) is 0 Å². The first kappa shape index (κ1) is 20.5. The zero-order chi connectivity index (χ0) is 20.3. The van der Waals surface area contributed by atoms with E-state index in [1.807, 2.05) is 38.1 Å². The summed E-state index contributed by atoms with van der Waals surface area (Å²) in [7, 11) is -1.91. The van der Waals surface area contributed by atoms with E-state index in [2.05, 4.69) is 0 Å². The van der Waals surface area contributed by atoms with Crippen molar-refractivity contribution >= 4 is 15.9 Å². The van der Waals surface area contributed by atoms with Gasteiger partial charge in [0.15, 0.2) is 0 Å². The minimum absolute atomic E-state index is 0.146. The van der Waals surface area contributed by atoms with Crippen LogP contribution in [0.15, 0.2) is 47.4 Å². The lowest BCUT2D eigenvalue weighted by atomic mass is 10.1. The van der Waals surface area contributed by atoms with Crippen molar-refractivity contribution in [3.8, 4) is 0 Å². The Morgan fingerprint density at radius 1 is 1.07 bits per heavy atom. The highest BCUT2D eigenvalue weighted by molar-refractivity contribution is 7.89. The third-order valence-corrected chi connectivity index (χ3v) is 6.96. The Bertz CT molecular complexity index is 966. The largest absolute Gasteiger partial charge is 0.379 e. The average molecular weight is 403 g/mol. The van der Waals surface area contributed by atoms with E-state index in [1.165, 1.54) is 10.4 Å². The molecule has 0 atom stereocenters. The fraction of sp³-hybridized carbons (Fsp3) is 0.381. The van der Waals surface area contributed by atoms with Gasteiger partial charge in [-0.2, -0.15) is 4.31 Å². The third-order valence-electron chi connectivity index (χ3n) is 5.06. The predicted molar refractivity (Wildman–Crippen MR) is 108 cm³/mol. The Kier molecular flexibility index (Phi) is 6.17. The van der Waals surface area contributed by atoms with Crippen LogP contribution in [0, 0.1) is 13.8 Å². The number of hydrogen-bond donors (Lipinski definition) is 0. The van der Waals surface area contributed by atoms with Crippen molar-refractivity contribution < 1.29 is 17.9 Å². The summed E-state index contributed by atoms with van der Waals surface area (Å²) in [5, 5.41) is 0. The molecule has 1 heterocycles. The predicted octanol–water partition coefficient (Wildman–Crippen LogP) is 2.60. The minimum Gasteiger partial charge on any atom is -0.379 e. The number of hydrogen-bond acceptors (Lipinski definition) is 4. The van der Waals surface area contributed by atoms with E-state index in [0.717, 1.165) is 16.7 Å². The maximum Gasteiger partial charge on any atom is 0.254 e. The number of aryl methyl sites for hydroxylation is 2. The van der Waals surface area contributed by atoms with Gasteiger partial charge in [-0.25, -0.2) is 8.42 Å². The molecule has 0 aliphatic carbocycles. The fourth-order valence-corrected chi connectivity index (χ4v) is 4.68. The highest BCUT2D eigenvalue weighted by Gasteiger charge is 2.27. The summed E-state index contributed by atoms with van der Waals surface area (Å²) in [4.78, 5) is 14.8. The average Bonchev–Trinajstić information content (AvgIpc) is 2.70. The van der Waals surface area contributed by atoms with Crippen LogP contribution in [0.4, 0.5) is 0 Å². The Balaban J connectivity index is 1.86. The summed E-state index contributed by atoms with van der Waals surface area (Å²) in [6, 6.07) is 12.7. The van der Waals surface area contributed by atoms with Crippen LogP contribution < -0.4 is 0 Å². The molecule has 3 rings (SSSR count).